The van der Waals surface area contributed by atoms with E-state index in [-0.39, 0.29) is 16.3 Å². The molecule has 0 radical (unpaired) electrons. The molecule has 0 aliphatic heterocycles. The quantitative estimate of drug-likeness (QED) is 0.675. The number of hydrogen-bond donors (Lipinski definition) is 0. The van der Waals surface area contributed by atoms with E-state index in [1.807, 2.05) is 0 Å². The summed E-state index contributed by atoms with van der Waals surface area (Å²) in [6, 6.07) is 8.24. The van der Waals surface area contributed by atoms with Crippen LogP contribution in [-0.2, 0) is 9.84 Å². The lowest BCUT2D eigenvalue weighted by molar-refractivity contribution is 0.415. The molecule has 0 aliphatic carbocycles. The van der Waals surface area contributed by atoms with Gasteiger partial charge < -0.3 is 9.15 Å². The maximum Gasteiger partial charge on any atom is 0.424 e. The molecule has 0 atom stereocenters. The summed E-state index contributed by atoms with van der Waals surface area (Å²) >= 11 is 6.10. The molecule has 0 saturated carbocycles. The first-order valence-electron chi connectivity index (χ1n) is 7.27. The molecule has 0 saturated heterocycles. The van der Waals surface area contributed by atoms with Gasteiger partial charge in [0.2, 0.25) is 0 Å². The number of rotatable bonds is 4. The number of sulfone groups is 1. The maximum absolute atomic E-state index is 14.2. The second-order valence-electron chi connectivity index (χ2n) is 5.46. The number of oxazole rings is 1. The van der Waals surface area contributed by atoms with Gasteiger partial charge in [0.15, 0.2) is 9.84 Å². The van der Waals surface area contributed by atoms with Crippen molar-refractivity contribution in [1.82, 2.24) is 4.57 Å². The summed E-state index contributed by atoms with van der Waals surface area (Å²) in [5.41, 5.74) is 0.903. The summed E-state index contributed by atoms with van der Waals surface area (Å²) in [6.45, 7) is 0. The molecule has 0 bridgehead atoms. The standard InChI is InChI=1S/C17H13ClFNO5S/c1-24-15-5-4-11(8-12(15)18)20-14(9-25-17(20)21)10-3-6-16(13(19)7-10)26(2,22)23/h3-9H,1-2H3. The lowest BCUT2D eigenvalue weighted by Crippen LogP contribution is -2.13. The fourth-order valence-electron chi connectivity index (χ4n) is 2.51. The predicted molar refractivity (Wildman–Crippen MR) is 94.4 cm³/mol. The number of aromatic nitrogens is 1. The van der Waals surface area contributed by atoms with E-state index in [0.717, 1.165) is 24.7 Å². The second kappa shape index (κ2) is 6.62. The van der Waals surface area contributed by atoms with Gasteiger partial charge in [-0.05, 0) is 30.3 Å². The fraction of sp³-hybridized carbons (Fsp3) is 0.118. The third kappa shape index (κ3) is 3.25. The van der Waals surface area contributed by atoms with Gasteiger partial charge in [-0.2, -0.15) is 0 Å². The van der Waals surface area contributed by atoms with E-state index in [4.69, 9.17) is 20.8 Å². The van der Waals surface area contributed by atoms with Crippen LogP contribution in [0.5, 0.6) is 5.75 Å². The Morgan fingerprint density at radius 2 is 1.92 bits per heavy atom. The highest BCUT2D eigenvalue weighted by Crippen LogP contribution is 2.29. The van der Waals surface area contributed by atoms with Crippen molar-refractivity contribution >= 4 is 21.4 Å². The number of methoxy groups -OCH3 is 1. The summed E-state index contributed by atoms with van der Waals surface area (Å²) in [6.07, 6.45) is 2.08. The van der Waals surface area contributed by atoms with Crippen LogP contribution in [-0.4, -0.2) is 26.4 Å². The first-order valence-corrected chi connectivity index (χ1v) is 9.53. The lowest BCUT2D eigenvalue weighted by Gasteiger charge is -2.10. The highest BCUT2D eigenvalue weighted by Gasteiger charge is 2.18. The molecule has 1 heterocycles. The highest BCUT2D eigenvalue weighted by molar-refractivity contribution is 7.90. The molecular weight excluding hydrogens is 385 g/mol. The van der Waals surface area contributed by atoms with Gasteiger partial charge in [-0.25, -0.2) is 22.2 Å². The second-order valence-corrected chi connectivity index (χ2v) is 7.85. The van der Waals surface area contributed by atoms with Crippen molar-refractivity contribution in [1.29, 1.82) is 0 Å². The van der Waals surface area contributed by atoms with Gasteiger partial charge in [-0.15, -0.1) is 0 Å². The summed E-state index contributed by atoms with van der Waals surface area (Å²) in [5.74, 6) is -1.19. The minimum Gasteiger partial charge on any atom is -0.495 e. The molecule has 9 heteroatoms. The number of hydrogen-bond acceptors (Lipinski definition) is 5. The van der Waals surface area contributed by atoms with Gasteiger partial charge in [0.05, 0.1) is 23.5 Å². The molecule has 0 aliphatic rings. The van der Waals surface area contributed by atoms with Crippen LogP contribution in [0.4, 0.5) is 4.39 Å². The third-order valence-corrected chi connectivity index (χ3v) is 5.14. The average molecular weight is 398 g/mol. The molecular formula is C17H13ClFNO5S. The Labute approximate surface area is 153 Å². The number of benzene rings is 2. The summed E-state index contributed by atoms with van der Waals surface area (Å²) in [5, 5.41) is 0.280. The van der Waals surface area contributed by atoms with Crippen molar-refractivity contribution < 1.29 is 22.0 Å². The van der Waals surface area contributed by atoms with Crippen molar-refractivity contribution in [2.75, 3.05) is 13.4 Å². The molecule has 1 aromatic heterocycles. The summed E-state index contributed by atoms with van der Waals surface area (Å²) < 4.78 is 48.5. The van der Waals surface area contributed by atoms with Crippen molar-refractivity contribution in [3.05, 3.63) is 64.1 Å². The predicted octanol–water partition coefficient (Wildman–Crippen LogP) is 3.30. The van der Waals surface area contributed by atoms with Gasteiger partial charge in [-0.1, -0.05) is 17.7 Å². The van der Waals surface area contributed by atoms with E-state index in [1.54, 1.807) is 12.1 Å². The summed E-state index contributed by atoms with van der Waals surface area (Å²) in [4.78, 5) is 11.7. The van der Waals surface area contributed by atoms with E-state index in [1.165, 1.54) is 23.8 Å². The Hall–Kier alpha value is -2.58. The zero-order valence-electron chi connectivity index (χ0n) is 13.7. The van der Waals surface area contributed by atoms with Crippen molar-refractivity contribution in [2.24, 2.45) is 0 Å². The van der Waals surface area contributed by atoms with Crippen LogP contribution in [0.15, 0.2) is 56.8 Å². The van der Waals surface area contributed by atoms with Crippen LogP contribution < -0.4 is 10.5 Å². The fourth-order valence-corrected chi connectivity index (χ4v) is 3.49. The normalized spacial score (nSPS) is 11.5. The van der Waals surface area contributed by atoms with Crippen LogP contribution in [0.25, 0.3) is 16.9 Å². The van der Waals surface area contributed by atoms with Gasteiger partial charge in [0.1, 0.15) is 22.7 Å². The van der Waals surface area contributed by atoms with Gasteiger partial charge in [-0.3, -0.25) is 0 Å². The molecule has 0 fully saturated rings. The Balaban J connectivity index is 2.16. The molecule has 26 heavy (non-hydrogen) atoms. The number of nitrogens with zero attached hydrogens (tertiary/aromatic N) is 1. The molecule has 3 aromatic rings. The largest absolute Gasteiger partial charge is 0.495 e. The van der Waals surface area contributed by atoms with Gasteiger partial charge in [0, 0.05) is 11.8 Å². The van der Waals surface area contributed by atoms with Crippen molar-refractivity contribution in [3.8, 4) is 22.7 Å². The van der Waals surface area contributed by atoms with E-state index in [0.29, 0.717) is 11.4 Å². The van der Waals surface area contributed by atoms with Crippen LogP contribution in [0.3, 0.4) is 0 Å². The Morgan fingerprint density at radius 3 is 2.50 bits per heavy atom. The Bertz CT molecular complexity index is 1150. The molecule has 3 rings (SSSR count). The lowest BCUT2D eigenvalue weighted by atomic mass is 10.1. The molecule has 136 valence electrons. The number of halogens is 2. The van der Waals surface area contributed by atoms with Crippen LogP contribution >= 0.6 is 11.6 Å². The monoisotopic (exact) mass is 397 g/mol. The molecule has 0 N–H and O–H groups in total. The molecule has 0 unspecified atom stereocenters. The SMILES string of the molecule is COc1ccc(-n2c(-c3ccc(S(C)(=O)=O)c(F)c3)coc2=O)cc1Cl. The Kier molecular flexibility index (Phi) is 4.64. The number of ether oxygens (including phenoxy) is 1. The highest BCUT2D eigenvalue weighted by atomic mass is 35.5. The van der Waals surface area contributed by atoms with E-state index in [2.05, 4.69) is 0 Å². The first-order chi connectivity index (χ1) is 12.2. The first kappa shape index (κ1) is 18.2. The molecule has 0 amide bonds. The Morgan fingerprint density at radius 1 is 1.19 bits per heavy atom. The molecule has 0 spiro atoms. The van der Waals surface area contributed by atoms with Crippen LogP contribution in [0.2, 0.25) is 5.02 Å². The van der Waals surface area contributed by atoms with Crippen molar-refractivity contribution in [3.63, 3.8) is 0 Å². The van der Waals surface area contributed by atoms with Crippen LogP contribution in [0, 0.1) is 5.82 Å². The van der Waals surface area contributed by atoms with Gasteiger partial charge >= 0.3 is 5.76 Å². The average Bonchev–Trinajstić information content (AvgIpc) is 2.95. The smallest absolute Gasteiger partial charge is 0.424 e. The van der Waals surface area contributed by atoms with E-state index >= 15 is 0 Å². The topological polar surface area (TPSA) is 78.5 Å². The van der Waals surface area contributed by atoms with Crippen molar-refractivity contribution in [2.45, 2.75) is 4.90 Å². The summed E-state index contributed by atoms with van der Waals surface area (Å²) in [7, 11) is -2.24. The van der Waals surface area contributed by atoms with E-state index in [9.17, 15) is 17.6 Å². The molecule has 2 aromatic carbocycles. The maximum atomic E-state index is 14.2. The van der Waals surface area contributed by atoms with E-state index < -0.39 is 26.3 Å². The zero-order chi connectivity index (χ0) is 19.1. The minimum absolute atomic E-state index is 0.246. The third-order valence-electron chi connectivity index (χ3n) is 3.72. The van der Waals surface area contributed by atoms with Gasteiger partial charge in [0.25, 0.3) is 0 Å². The van der Waals surface area contributed by atoms with Crippen LogP contribution in [0.1, 0.15) is 0 Å². The molecule has 6 nitrogen and oxygen atoms in total. The zero-order valence-corrected chi connectivity index (χ0v) is 15.3. The minimum atomic E-state index is -3.70.